The minimum atomic E-state index is -3.39. The fourth-order valence-electron chi connectivity index (χ4n) is 3.81. The number of nitrogens with zero attached hydrogens (tertiary/aromatic N) is 1. The van der Waals surface area contributed by atoms with Crippen LogP contribution in [-0.4, -0.2) is 37.5 Å². The Balaban J connectivity index is 1.53. The number of sulfonamides is 1. The molecule has 0 bridgehead atoms. The third-order valence-electron chi connectivity index (χ3n) is 5.59. The van der Waals surface area contributed by atoms with Crippen LogP contribution in [0.2, 0.25) is 0 Å². The predicted octanol–water partition coefficient (Wildman–Crippen LogP) is 3.68. The fourth-order valence-corrected chi connectivity index (χ4v) is 5.39. The molecule has 0 unspecified atom stereocenters. The van der Waals surface area contributed by atoms with Crippen molar-refractivity contribution in [3.63, 3.8) is 0 Å². The molecule has 2 atom stereocenters. The SMILES string of the molecule is C[C@@H](NC(=O)[C@H]1CCCN(S(=O)(=O)CCCc2ccccc2)C1)c1ccc(F)cc1. The monoisotopic (exact) mass is 432 g/mol. The van der Waals surface area contributed by atoms with E-state index in [1.807, 2.05) is 37.3 Å². The van der Waals surface area contributed by atoms with Crippen molar-refractivity contribution in [1.82, 2.24) is 9.62 Å². The molecule has 2 aromatic rings. The molecule has 0 aliphatic carbocycles. The minimum Gasteiger partial charge on any atom is -0.349 e. The zero-order valence-electron chi connectivity index (χ0n) is 17.3. The highest BCUT2D eigenvalue weighted by molar-refractivity contribution is 7.89. The van der Waals surface area contributed by atoms with Gasteiger partial charge >= 0.3 is 0 Å². The molecule has 7 heteroatoms. The Morgan fingerprint density at radius 2 is 1.87 bits per heavy atom. The van der Waals surface area contributed by atoms with E-state index in [1.165, 1.54) is 16.4 Å². The van der Waals surface area contributed by atoms with Crippen molar-refractivity contribution in [1.29, 1.82) is 0 Å². The van der Waals surface area contributed by atoms with E-state index in [-0.39, 0.29) is 36.0 Å². The van der Waals surface area contributed by atoms with E-state index in [2.05, 4.69) is 5.32 Å². The van der Waals surface area contributed by atoms with Crippen molar-refractivity contribution in [3.8, 4) is 0 Å². The number of benzene rings is 2. The van der Waals surface area contributed by atoms with Gasteiger partial charge < -0.3 is 5.32 Å². The largest absolute Gasteiger partial charge is 0.349 e. The number of halogens is 1. The van der Waals surface area contributed by atoms with Crippen molar-refractivity contribution in [2.45, 2.75) is 38.6 Å². The summed E-state index contributed by atoms with van der Waals surface area (Å²) in [6.07, 6.45) is 2.60. The van der Waals surface area contributed by atoms with Gasteiger partial charge in [-0.25, -0.2) is 17.1 Å². The third-order valence-corrected chi connectivity index (χ3v) is 7.51. The minimum absolute atomic E-state index is 0.0855. The lowest BCUT2D eigenvalue weighted by Gasteiger charge is -2.32. The average Bonchev–Trinajstić information content (AvgIpc) is 2.75. The second-order valence-corrected chi connectivity index (χ2v) is 9.97. The van der Waals surface area contributed by atoms with Gasteiger partial charge in [-0.15, -0.1) is 0 Å². The lowest BCUT2D eigenvalue weighted by molar-refractivity contribution is -0.126. The topological polar surface area (TPSA) is 66.5 Å². The smallest absolute Gasteiger partial charge is 0.224 e. The van der Waals surface area contributed by atoms with E-state index in [1.54, 1.807) is 12.1 Å². The molecule has 162 valence electrons. The Hall–Kier alpha value is -2.25. The molecule has 0 spiro atoms. The maximum absolute atomic E-state index is 13.1. The van der Waals surface area contributed by atoms with Gasteiger partial charge in [0, 0.05) is 13.1 Å². The second-order valence-electron chi connectivity index (χ2n) is 7.88. The van der Waals surface area contributed by atoms with E-state index in [0.717, 1.165) is 11.1 Å². The molecule has 1 fully saturated rings. The van der Waals surface area contributed by atoms with Crippen LogP contribution in [0, 0.1) is 11.7 Å². The highest BCUT2D eigenvalue weighted by atomic mass is 32.2. The normalized spacial score (nSPS) is 18.7. The summed E-state index contributed by atoms with van der Waals surface area (Å²) in [5, 5.41) is 2.94. The molecule has 2 aromatic carbocycles. The molecule has 1 saturated heterocycles. The van der Waals surface area contributed by atoms with Crippen molar-refractivity contribution in [2.24, 2.45) is 5.92 Å². The molecule has 0 aromatic heterocycles. The zero-order chi connectivity index (χ0) is 21.6. The summed E-state index contributed by atoms with van der Waals surface area (Å²) in [4.78, 5) is 12.7. The highest BCUT2D eigenvalue weighted by Gasteiger charge is 2.32. The number of aryl methyl sites for hydroxylation is 1. The quantitative estimate of drug-likeness (QED) is 0.692. The molecular weight excluding hydrogens is 403 g/mol. The van der Waals surface area contributed by atoms with Crippen LogP contribution in [0.25, 0.3) is 0 Å². The lowest BCUT2D eigenvalue weighted by Crippen LogP contribution is -2.46. The molecule has 3 rings (SSSR count). The van der Waals surface area contributed by atoms with E-state index < -0.39 is 10.0 Å². The first-order valence-electron chi connectivity index (χ1n) is 10.4. The van der Waals surface area contributed by atoms with Gasteiger partial charge in [-0.05, 0) is 55.9 Å². The van der Waals surface area contributed by atoms with Crippen molar-refractivity contribution in [3.05, 3.63) is 71.5 Å². The molecule has 5 nitrogen and oxygen atoms in total. The number of rotatable bonds is 8. The highest BCUT2D eigenvalue weighted by Crippen LogP contribution is 2.22. The van der Waals surface area contributed by atoms with Gasteiger partial charge in [-0.1, -0.05) is 42.5 Å². The summed E-state index contributed by atoms with van der Waals surface area (Å²) in [5.74, 6) is -0.762. The molecule has 0 saturated carbocycles. The first-order chi connectivity index (χ1) is 14.3. The van der Waals surface area contributed by atoms with E-state index in [0.29, 0.717) is 32.2 Å². The summed E-state index contributed by atoms with van der Waals surface area (Å²) in [6, 6.07) is 15.6. The second kappa shape index (κ2) is 10.2. The summed E-state index contributed by atoms with van der Waals surface area (Å²) in [6.45, 7) is 2.52. The Labute approximate surface area is 178 Å². The molecule has 1 heterocycles. The van der Waals surface area contributed by atoms with Crippen LogP contribution in [0.5, 0.6) is 0 Å². The van der Waals surface area contributed by atoms with Crippen LogP contribution in [0.1, 0.15) is 43.4 Å². The molecule has 1 N–H and O–H groups in total. The van der Waals surface area contributed by atoms with Crippen molar-refractivity contribution < 1.29 is 17.6 Å². The van der Waals surface area contributed by atoms with Crippen LogP contribution in [0.4, 0.5) is 4.39 Å². The summed E-state index contributed by atoms with van der Waals surface area (Å²) >= 11 is 0. The summed E-state index contributed by atoms with van der Waals surface area (Å²) in [5.41, 5.74) is 1.93. The Kier molecular flexibility index (Phi) is 7.61. The Morgan fingerprint density at radius 1 is 1.17 bits per heavy atom. The van der Waals surface area contributed by atoms with Gasteiger partial charge in [-0.3, -0.25) is 4.79 Å². The van der Waals surface area contributed by atoms with Gasteiger partial charge in [-0.2, -0.15) is 0 Å². The number of nitrogens with one attached hydrogen (secondary N) is 1. The van der Waals surface area contributed by atoms with E-state index >= 15 is 0 Å². The first-order valence-corrected chi connectivity index (χ1v) is 12.0. The Bertz CT molecular complexity index is 933. The predicted molar refractivity (Wildman–Crippen MR) is 116 cm³/mol. The van der Waals surface area contributed by atoms with Crippen LogP contribution in [-0.2, 0) is 21.2 Å². The number of carbonyl (C=O) groups excluding carboxylic acids is 1. The van der Waals surface area contributed by atoms with Crippen molar-refractivity contribution in [2.75, 3.05) is 18.8 Å². The number of carbonyl (C=O) groups is 1. The number of amides is 1. The zero-order valence-corrected chi connectivity index (χ0v) is 18.1. The first kappa shape index (κ1) is 22.4. The number of hydrogen-bond acceptors (Lipinski definition) is 3. The number of hydrogen-bond donors (Lipinski definition) is 1. The van der Waals surface area contributed by atoms with Gasteiger partial charge in [0.05, 0.1) is 17.7 Å². The van der Waals surface area contributed by atoms with E-state index in [9.17, 15) is 17.6 Å². The van der Waals surface area contributed by atoms with Crippen LogP contribution in [0.3, 0.4) is 0 Å². The lowest BCUT2D eigenvalue weighted by atomic mass is 9.98. The summed E-state index contributed by atoms with van der Waals surface area (Å²) in [7, 11) is -3.39. The molecule has 30 heavy (non-hydrogen) atoms. The van der Waals surface area contributed by atoms with Crippen LogP contribution >= 0.6 is 0 Å². The van der Waals surface area contributed by atoms with Gasteiger partial charge in [0.25, 0.3) is 0 Å². The van der Waals surface area contributed by atoms with E-state index in [4.69, 9.17) is 0 Å². The molecule has 1 amide bonds. The Morgan fingerprint density at radius 3 is 2.57 bits per heavy atom. The fraction of sp³-hybridized carbons (Fsp3) is 0.435. The molecule has 0 radical (unpaired) electrons. The molecule has 1 aliphatic heterocycles. The average molecular weight is 433 g/mol. The number of piperidine rings is 1. The van der Waals surface area contributed by atoms with Gasteiger partial charge in [0.1, 0.15) is 5.82 Å². The molecular formula is C23H29FN2O3S. The third kappa shape index (κ3) is 6.12. The maximum atomic E-state index is 13.1. The maximum Gasteiger partial charge on any atom is 0.224 e. The molecule has 1 aliphatic rings. The standard InChI is InChI=1S/C23H29FN2O3S/c1-18(20-11-13-22(24)14-12-20)25-23(27)21-10-5-15-26(17-21)30(28,29)16-6-9-19-7-3-2-4-8-19/h2-4,7-8,11-14,18,21H,5-6,9-10,15-17H2,1H3,(H,25,27)/t18-,21+/m1/s1. The summed E-state index contributed by atoms with van der Waals surface area (Å²) < 4.78 is 40.1. The van der Waals surface area contributed by atoms with Crippen molar-refractivity contribution >= 4 is 15.9 Å². The van der Waals surface area contributed by atoms with Crippen LogP contribution < -0.4 is 5.32 Å². The van der Waals surface area contributed by atoms with Gasteiger partial charge in [0.2, 0.25) is 15.9 Å². The van der Waals surface area contributed by atoms with Crippen LogP contribution in [0.15, 0.2) is 54.6 Å². The van der Waals surface area contributed by atoms with Gasteiger partial charge in [0.15, 0.2) is 0 Å².